The second-order valence-electron chi connectivity index (χ2n) is 3.51. The van der Waals surface area contributed by atoms with Crippen LogP contribution in [-0.4, -0.2) is 32.3 Å². The smallest absolute Gasteiger partial charge is 0.188 e. The summed E-state index contributed by atoms with van der Waals surface area (Å²) >= 11 is 0. The molecule has 0 spiro atoms. The van der Waals surface area contributed by atoms with Gasteiger partial charge in [-0.3, -0.25) is 4.99 Å². The summed E-state index contributed by atoms with van der Waals surface area (Å²) in [6.45, 7) is 7.55. The quantitative estimate of drug-likeness (QED) is 0.292. The molecule has 0 aromatic heterocycles. The first kappa shape index (κ1) is 18.3. The molecule has 0 aliphatic carbocycles. The second-order valence-corrected chi connectivity index (χ2v) is 3.51. The predicted molar refractivity (Wildman–Crippen MR) is 80.5 cm³/mol. The molecule has 3 N–H and O–H groups in total. The Hall–Kier alpha value is -0.0400. The van der Waals surface area contributed by atoms with Crippen molar-refractivity contribution >= 4 is 29.9 Å². The van der Waals surface area contributed by atoms with Gasteiger partial charge in [0.25, 0.3) is 0 Å². The van der Waals surface area contributed by atoms with Crippen molar-refractivity contribution in [3.63, 3.8) is 0 Å². The van der Waals surface area contributed by atoms with Crippen LogP contribution in [0.2, 0.25) is 0 Å². The summed E-state index contributed by atoms with van der Waals surface area (Å²) in [4.78, 5) is 4.13. The molecule has 0 heterocycles. The van der Waals surface area contributed by atoms with Crippen LogP contribution in [0.3, 0.4) is 0 Å². The number of hydrogen-bond donors (Lipinski definition) is 2. The van der Waals surface area contributed by atoms with Gasteiger partial charge < -0.3 is 15.8 Å². The monoisotopic (exact) mass is 343 g/mol. The Morgan fingerprint density at radius 1 is 1.19 bits per heavy atom. The van der Waals surface area contributed by atoms with Crippen LogP contribution in [0, 0.1) is 0 Å². The van der Waals surface area contributed by atoms with Crippen molar-refractivity contribution in [3.05, 3.63) is 0 Å². The van der Waals surface area contributed by atoms with E-state index in [4.69, 9.17) is 10.5 Å². The van der Waals surface area contributed by atoms with Gasteiger partial charge in [-0.25, -0.2) is 0 Å². The number of hydrogen-bond acceptors (Lipinski definition) is 2. The van der Waals surface area contributed by atoms with E-state index in [1.165, 1.54) is 6.42 Å². The molecular formula is C11H26IN3O. The summed E-state index contributed by atoms with van der Waals surface area (Å²) < 4.78 is 5.42. The van der Waals surface area contributed by atoms with Gasteiger partial charge in [0.15, 0.2) is 5.96 Å². The molecular weight excluding hydrogens is 317 g/mol. The lowest BCUT2D eigenvalue weighted by Crippen LogP contribution is -2.33. The van der Waals surface area contributed by atoms with Gasteiger partial charge in [0, 0.05) is 26.3 Å². The fourth-order valence-corrected chi connectivity index (χ4v) is 1.03. The van der Waals surface area contributed by atoms with Gasteiger partial charge >= 0.3 is 0 Å². The van der Waals surface area contributed by atoms with E-state index in [0.29, 0.717) is 5.96 Å². The highest BCUT2D eigenvalue weighted by atomic mass is 127. The molecule has 16 heavy (non-hydrogen) atoms. The maximum absolute atomic E-state index is 5.62. The van der Waals surface area contributed by atoms with E-state index in [-0.39, 0.29) is 24.0 Å². The van der Waals surface area contributed by atoms with Crippen molar-refractivity contribution in [2.24, 2.45) is 10.7 Å². The molecule has 98 valence electrons. The fraction of sp³-hybridized carbons (Fsp3) is 0.909. The summed E-state index contributed by atoms with van der Waals surface area (Å²) in [5.74, 6) is 0.547. The number of ether oxygens (including phenoxy) is 1. The normalized spacial score (nSPS) is 11.0. The summed E-state index contributed by atoms with van der Waals surface area (Å²) in [6.07, 6.45) is 4.34. The third-order valence-electron chi connectivity index (χ3n) is 1.92. The molecule has 0 amide bonds. The molecule has 0 saturated heterocycles. The molecule has 0 atom stereocenters. The minimum atomic E-state index is 0. The number of halogens is 1. The first-order valence-corrected chi connectivity index (χ1v) is 5.92. The molecule has 0 saturated carbocycles. The molecule has 0 rings (SSSR count). The summed E-state index contributed by atoms with van der Waals surface area (Å²) in [5.41, 5.74) is 5.62. The van der Waals surface area contributed by atoms with Crippen LogP contribution in [0.1, 0.15) is 39.5 Å². The Labute approximate surface area is 116 Å². The maximum atomic E-state index is 5.62. The zero-order valence-corrected chi connectivity index (χ0v) is 12.8. The highest BCUT2D eigenvalue weighted by Crippen LogP contribution is 1.88. The van der Waals surface area contributed by atoms with Crippen molar-refractivity contribution < 1.29 is 4.74 Å². The molecule has 4 nitrogen and oxygen atoms in total. The molecule has 0 radical (unpaired) electrons. The molecule has 0 unspecified atom stereocenters. The predicted octanol–water partition coefficient (Wildman–Crippen LogP) is 2.13. The average molecular weight is 343 g/mol. The maximum Gasteiger partial charge on any atom is 0.188 e. The summed E-state index contributed by atoms with van der Waals surface area (Å²) in [5, 5.41) is 3.06. The largest absolute Gasteiger partial charge is 0.381 e. The van der Waals surface area contributed by atoms with Crippen LogP contribution in [-0.2, 0) is 4.74 Å². The number of nitrogens with two attached hydrogens (primary N) is 1. The van der Waals surface area contributed by atoms with Crippen LogP contribution in [0.5, 0.6) is 0 Å². The van der Waals surface area contributed by atoms with E-state index in [1.54, 1.807) is 0 Å². The molecule has 0 aromatic carbocycles. The third-order valence-corrected chi connectivity index (χ3v) is 1.92. The van der Waals surface area contributed by atoms with Crippen LogP contribution < -0.4 is 11.1 Å². The lowest BCUT2D eigenvalue weighted by Gasteiger charge is -2.05. The van der Waals surface area contributed by atoms with Crippen LogP contribution in [0.15, 0.2) is 4.99 Å². The van der Waals surface area contributed by atoms with Gasteiger partial charge in [0.05, 0.1) is 0 Å². The molecule has 0 bridgehead atoms. The number of guanidine groups is 1. The minimum Gasteiger partial charge on any atom is -0.381 e. The van der Waals surface area contributed by atoms with Gasteiger partial charge in [0.1, 0.15) is 0 Å². The van der Waals surface area contributed by atoms with Crippen molar-refractivity contribution in [2.45, 2.75) is 39.5 Å². The van der Waals surface area contributed by atoms with E-state index in [1.807, 2.05) is 0 Å². The van der Waals surface area contributed by atoms with Gasteiger partial charge in [0.2, 0.25) is 0 Å². The Bertz CT molecular complexity index is 165. The van der Waals surface area contributed by atoms with Crippen molar-refractivity contribution in [3.8, 4) is 0 Å². The van der Waals surface area contributed by atoms with Crippen LogP contribution >= 0.6 is 24.0 Å². The number of aliphatic imine (C=N–C) groups is 1. The van der Waals surface area contributed by atoms with Crippen molar-refractivity contribution in [1.82, 2.24) is 5.32 Å². The second kappa shape index (κ2) is 15.0. The number of nitrogens with zero attached hydrogens (tertiary/aromatic N) is 1. The highest BCUT2D eigenvalue weighted by Gasteiger charge is 1.91. The first-order valence-electron chi connectivity index (χ1n) is 5.92. The van der Waals surface area contributed by atoms with Gasteiger partial charge in [-0.1, -0.05) is 20.3 Å². The Morgan fingerprint density at radius 3 is 2.50 bits per heavy atom. The number of nitrogens with one attached hydrogen (secondary N) is 1. The lowest BCUT2D eigenvalue weighted by molar-refractivity contribution is 0.129. The van der Waals surface area contributed by atoms with Gasteiger partial charge in [-0.05, 0) is 19.3 Å². The van der Waals surface area contributed by atoms with Crippen molar-refractivity contribution in [2.75, 3.05) is 26.3 Å². The van der Waals surface area contributed by atoms with E-state index in [0.717, 1.165) is 45.6 Å². The van der Waals surface area contributed by atoms with E-state index < -0.39 is 0 Å². The highest BCUT2D eigenvalue weighted by molar-refractivity contribution is 14.0. The van der Waals surface area contributed by atoms with E-state index in [2.05, 4.69) is 24.2 Å². The van der Waals surface area contributed by atoms with Crippen LogP contribution in [0.25, 0.3) is 0 Å². The summed E-state index contributed by atoms with van der Waals surface area (Å²) in [7, 11) is 0. The van der Waals surface area contributed by atoms with E-state index in [9.17, 15) is 0 Å². The van der Waals surface area contributed by atoms with Crippen molar-refractivity contribution in [1.29, 1.82) is 0 Å². The standard InChI is InChI=1S/C11H25N3O.HI/c1-3-5-9-15-10-6-8-14-11(12)13-7-4-2;/h3-10H2,1-2H3,(H3,12,13,14);1H. The molecule has 0 aliphatic rings. The summed E-state index contributed by atoms with van der Waals surface area (Å²) in [6, 6.07) is 0. The topological polar surface area (TPSA) is 59.6 Å². The number of rotatable bonds is 9. The van der Waals surface area contributed by atoms with Gasteiger partial charge in [-0.2, -0.15) is 0 Å². The molecule has 0 fully saturated rings. The SMILES string of the molecule is CCCCOCCCNC(N)=NCCC.I. The van der Waals surface area contributed by atoms with Crippen LogP contribution in [0.4, 0.5) is 0 Å². The molecule has 0 aromatic rings. The first-order chi connectivity index (χ1) is 7.31. The molecule has 0 aliphatic heterocycles. The zero-order chi connectivity index (χ0) is 11.4. The third kappa shape index (κ3) is 14.0. The minimum absolute atomic E-state index is 0. The Kier molecular flexibility index (Phi) is 17.1. The van der Waals surface area contributed by atoms with E-state index >= 15 is 0 Å². The average Bonchev–Trinajstić information content (AvgIpc) is 2.25. The lowest BCUT2D eigenvalue weighted by atomic mass is 10.4. The number of unbranched alkanes of at least 4 members (excludes halogenated alkanes) is 1. The Balaban J connectivity index is 0. The van der Waals surface area contributed by atoms with Gasteiger partial charge in [-0.15, -0.1) is 24.0 Å². The molecule has 5 heteroatoms. The fourth-order valence-electron chi connectivity index (χ4n) is 1.03. The zero-order valence-electron chi connectivity index (χ0n) is 10.5. The Morgan fingerprint density at radius 2 is 1.88 bits per heavy atom.